The second-order valence-electron chi connectivity index (χ2n) is 6.51. The normalized spacial score (nSPS) is 10.8. The molecule has 0 atom stereocenters. The van der Waals surface area contributed by atoms with Gasteiger partial charge in [0.05, 0.1) is 11.6 Å². The lowest BCUT2D eigenvalue weighted by atomic mass is 10.2. The molecule has 7 nitrogen and oxygen atoms in total. The zero-order valence-corrected chi connectivity index (χ0v) is 17.5. The van der Waals surface area contributed by atoms with E-state index in [1.165, 1.54) is 15.4 Å². The number of rotatable bonds is 7. The molecule has 0 saturated heterocycles. The van der Waals surface area contributed by atoms with Crippen LogP contribution in [0.25, 0.3) is 0 Å². The van der Waals surface area contributed by atoms with E-state index in [0.29, 0.717) is 27.2 Å². The average molecular weight is 460 g/mol. The zero-order chi connectivity index (χ0) is 21.8. The predicted molar refractivity (Wildman–Crippen MR) is 115 cm³/mol. The molecule has 2 aromatic heterocycles. The fourth-order valence-corrected chi connectivity index (χ4v) is 3.13. The van der Waals surface area contributed by atoms with Crippen LogP contribution in [0.5, 0.6) is 5.75 Å². The second kappa shape index (κ2) is 9.20. The van der Waals surface area contributed by atoms with Crippen molar-refractivity contribution in [2.75, 3.05) is 5.32 Å². The number of benzene rings is 2. The van der Waals surface area contributed by atoms with Crippen LogP contribution in [0, 0.1) is 5.82 Å². The number of nitrogens with one attached hydrogen (secondary N) is 1. The molecule has 10 heteroatoms. The summed E-state index contributed by atoms with van der Waals surface area (Å²) in [7, 11) is 0. The molecule has 2 heterocycles. The van der Waals surface area contributed by atoms with Gasteiger partial charge in [0.15, 0.2) is 18.2 Å². The Morgan fingerprint density at radius 1 is 1.00 bits per heavy atom. The van der Waals surface area contributed by atoms with Crippen molar-refractivity contribution in [3.8, 4) is 5.75 Å². The number of ether oxygens (including phenoxy) is 1. The Hall–Kier alpha value is -3.36. The van der Waals surface area contributed by atoms with Crippen LogP contribution < -0.4 is 10.1 Å². The molecule has 0 radical (unpaired) electrons. The number of aromatic nitrogens is 4. The van der Waals surface area contributed by atoms with Crippen molar-refractivity contribution in [2.45, 2.75) is 13.3 Å². The van der Waals surface area contributed by atoms with Gasteiger partial charge in [0, 0.05) is 24.0 Å². The molecule has 0 unspecified atom stereocenters. The summed E-state index contributed by atoms with van der Waals surface area (Å²) in [5.41, 5.74) is 0.687. The first kappa shape index (κ1) is 20.9. The number of amides is 1. The van der Waals surface area contributed by atoms with Gasteiger partial charge < -0.3 is 10.1 Å². The number of carbonyl (C=O) groups excluding carboxylic acids is 1. The number of hydrogen-bond acceptors (Lipinski definition) is 4. The molecule has 0 spiro atoms. The van der Waals surface area contributed by atoms with E-state index in [1.807, 2.05) is 0 Å². The van der Waals surface area contributed by atoms with Gasteiger partial charge in [-0.15, -0.1) is 0 Å². The maximum absolute atomic E-state index is 13.8. The SMILES string of the molecule is O=C(Nc1ccn(Cc2ccccc2F)n1)c1ccn(COc2cccc(Cl)c2Cl)n1. The highest BCUT2D eigenvalue weighted by Crippen LogP contribution is 2.31. The fourth-order valence-electron chi connectivity index (χ4n) is 2.78. The largest absolute Gasteiger partial charge is 0.470 e. The maximum Gasteiger partial charge on any atom is 0.277 e. The molecular formula is C21H16Cl2FN5O2. The maximum atomic E-state index is 13.8. The van der Waals surface area contributed by atoms with E-state index in [4.69, 9.17) is 27.9 Å². The van der Waals surface area contributed by atoms with Crippen molar-refractivity contribution in [1.82, 2.24) is 19.6 Å². The van der Waals surface area contributed by atoms with Gasteiger partial charge in [0.25, 0.3) is 5.91 Å². The van der Waals surface area contributed by atoms with E-state index in [9.17, 15) is 9.18 Å². The predicted octanol–water partition coefficient (Wildman–Crippen LogP) is 4.86. The minimum atomic E-state index is -0.435. The highest BCUT2D eigenvalue weighted by molar-refractivity contribution is 6.42. The minimum Gasteiger partial charge on any atom is -0.470 e. The summed E-state index contributed by atoms with van der Waals surface area (Å²) in [5, 5.41) is 11.8. The van der Waals surface area contributed by atoms with Gasteiger partial charge in [-0.05, 0) is 24.3 Å². The third-order valence-corrected chi connectivity index (χ3v) is 5.12. The third-order valence-electron chi connectivity index (χ3n) is 4.31. The molecule has 1 amide bonds. The lowest BCUT2D eigenvalue weighted by Gasteiger charge is -2.08. The van der Waals surface area contributed by atoms with Crippen molar-refractivity contribution in [2.24, 2.45) is 0 Å². The standard InChI is InChI=1S/C21H16Cl2FN5O2/c22-15-5-3-7-18(20(15)23)31-13-29-10-8-17(26-29)21(30)25-19-9-11-28(27-19)12-14-4-1-2-6-16(14)24/h1-11H,12-13H2,(H,25,27,30). The number of nitrogens with zero attached hydrogens (tertiary/aromatic N) is 4. The van der Waals surface area contributed by atoms with Crippen molar-refractivity contribution >= 4 is 34.9 Å². The first-order valence-corrected chi connectivity index (χ1v) is 9.93. The van der Waals surface area contributed by atoms with Crippen LogP contribution in [0.15, 0.2) is 67.0 Å². The number of anilines is 1. The van der Waals surface area contributed by atoms with Gasteiger partial charge in [-0.2, -0.15) is 10.2 Å². The van der Waals surface area contributed by atoms with Gasteiger partial charge >= 0.3 is 0 Å². The smallest absolute Gasteiger partial charge is 0.277 e. The molecule has 0 aliphatic heterocycles. The van der Waals surface area contributed by atoms with E-state index in [-0.39, 0.29) is 24.8 Å². The molecule has 0 bridgehead atoms. The Morgan fingerprint density at radius 2 is 1.81 bits per heavy atom. The molecular weight excluding hydrogens is 444 g/mol. The Balaban J connectivity index is 1.35. The van der Waals surface area contributed by atoms with Crippen molar-refractivity contribution < 1.29 is 13.9 Å². The van der Waals surface area contributed by atoms with Crippen LogP contribution in [0.1, 0.15) is 16.1 Å². The van der Waals surface area contributed by atoms with E-state index in [0.717, 1.165) is 0 Å². The molecule has 2 aromatic carbocycles. The minimum absolute atomic E-state index is 0.0462. The lowest BCUT2D eigenvalue weighted by molar-refractivity contribution is 0.101. The van der Waals surface area contributed by atoms with Crippen LogP contribution in [0.4, 0.5) is 10.2 Å². The molecule has 0 saturated carbocycles. The summed E-state index contributed by atoms with van der Waals surface area (Å²) < 4.78 is 22.4. The Bertz CT molecular complexity index is 1220. The fraction of sp³-hybridized carbons (Fsp3) is 0.0952. The molecule has 0 aliphatic rings. The van der Waals surface area contributed by atoms with Gasteiger partial charge in [0.2, 0.25) is 0 Å². The van der Waals surface area contributed by atoms with E-state index in [1.54, 1.807) is 60.9 Å². The monoisotopic (exact) mass is 459 g/mol. The number of halogens is 3. The number of hydrogen-bond donors (Lipinski definition) is 1. The van der Waals surface area contributed by atoms with Crippen LogP contribution in [-0.4, -0.2) is 25.5 Å². The Morgan fingerprint density at radius 3 is 2.65 bits per heavy atom. The highest BCUT2D eigenvalue weighted by atomic mass is 35.5. The summed E-state index contributed by atoms with van der Waals surface area (Å²) in [6, 6.07) is 14.7. The van der Waals surface area contributed by atoms with E-state index in [2.05, 4.69) is 15.5 Å². The Kier molecular flexibility index (Phi) is 6.20. The summed E-state index contributed by atoms with van der Waals surface area (Å²) in [4.78, 5) is 12.4. The summed E-state index contributed by atoms with van der Waals surface area (Å²) >= 11 is 12.0. The van der Waals surface area contributed by atoms with E-state index < -0.39 is 5.91 Å². The van der Waals surface area contributed by atoms with Gasteiger partial charge in [-0.25, -0.2) is 9.07 Å². The number of carbonyl (C=O) groups is 1. The molecule has 4 aromatic rings. The summed E-state index contributed by atoms with van der Waals surface area (Å²) in [5.74, 6) is -0.00000490. The van der Waals surface area contributed by atoms with Gasteiger partial charge in [-0.1, -0.05) is 47.5 Å². The van der Waals surface area contributed by atoms with Crippen molar-refractivity contribution in [3.63, 3.8) is 0 Å². The second-order valence-corrected chi connectivity index (χ2v) is 7.30. The first-order chi connectivity index (χ1) is 15.0. The van der Waals surface area contributed by atoms with Crippen LogP contribution in [0.2, 0.25) is 10.0 Å². The summed E-state index contributed by atoms with van der Waals surface area (Å²) in [6.45, 7) is 0.297. The highest BCUT2D eigenvalue weighted by Gasteiger charge is 2.13. The van der Waals surface area contributed by atoms with Gasteiger partial charge in [-0.3, -0.25) is 9.48 Å². The van der Waals surface area contributed by atoms with E-state index >= 15 is 0 Å². The first-order valence-electron chi connectivity index (χ1n) is 9.18. The molecule has 1 N–H and O–H groups in total. The molecule has 4 rings (SSSR count). The average Bonchev–Trinajstić information content (AvgIpc) is 3.40. The lowest BCUT2D eigenvalue weighted by Crippen LogP contribution is -2.15. The topological polar surface area (TPSA) is 74.0 Å². The van der Waals surface area contributed by atoms with Crippen LogP contribution >= 0.6 is 23.2 Å². The van der Waals surface area contributed by atoms with Crippen LogP contribution in [-0.2, 0) is 13.3 Å². The quantitative estimate of drug-likeness (QED) is 0.428. The van der Waals surface area contributed by atoms with Crippen molar-refractivity contribution in [3.05, 3.63) is 94.1 Å². The molecule has 0 aliphatic carbocycles. The Labute approximate surface area is 187 Å². The molecule has 31 heavy (non-hydrogen) atoms. The summed E-state index contributed by atoms with van der Waals surface area (Å²) in [6.07, 6.45) is 3.26. The van der Waals surface area contributed by atoms with Crippen molar-refractivity contribution in [1.29, 1.82) is 0 Å². The molecule has 0 fully saturated rings. The van der Waals surface area contributed by atoms with Crippen LogP contribution in [0.3, 0.4) is 0 Å². The third kappa shape index (κ3) is 5.04. The molecule has 158 valence electrons. The zero-order valence-electron chi connectivity index (χ0n) is 16.0. The van der Waals surface area contributed by atoms with Gasteiger partial charge in [0.1, 0.15) is 16.6 Å².